The van der Waals surface area contributed by atoms with Crippen LogP contribution in [-0.2, 0) is 80.7 Å². The monoisotopic (exact) mass is 1390 g/mol. The van der Waals surface area contributed by atoms with Crippen molar-refractivity contribution >= 4 is 17.7 Å². The molecule has 0 unspecified atom stereocenters. The molecule has 7 saturated heterocycles. The Morgan fingerprint density at radius 3 is 1.24 bits per heavy atom. The number of ether oxygens (including phenoxy) is 14. The molecule has 7 heterocycles. The molecule has 0 bridgehead atoms. The van der Waals surface area contributed by atoms with Crippen molar-refractivity contribution in [3.8, 4) is 0 Å². The highest BCUT2D eigenvalue weighted by Gasteiger charge is 2.59. The van der Waals surface area contributed by atoms with E-state index in [0.717, 1.165) is 20.8 Å². The summed E-state index contributed by atoms with van der Waals surface area (Å²) >= 11 is 0. The molecule has 0 saturated carbocycles. The number of hydrogen-bond donors (Lipinski definition) is 24. The first kappa shape index (κ1) is 79.3. The highest BCUT2D eigenvalue weighted by molar-refractivity contribution is 5.74. The fourth-order valence-electron chi connectivity index (χ4n) is 12.0. The van der Waals surface area contributed by atoms with Crippen LogP contribution in [0.25, 0.3) is 0 Å². The topological polar surface area (TPSA) is 641 Å². The first-order chi connectivity index (χ1) is 44.7. The summed E-state index contributed by atoms with van der Waals surface area (Å²) in [5.41, 5.74) is 0. The Labute approximate surface area is 540 Å². The van der Waals surface area contributed by atoms with Crippen LogP contribution in [0, 0.1) is 0 Å². The molecular weight excluding hydrogens is 1300 g/mol. The van der Waals surface area contributed by atoms with Gasteiger partial charge in [-0.15, -0.1) is 0 Å². The third-order valence-corrected chi connectivity index (χ3v) is 17.4. The molecule has 0 aromatic heterocycles. The second-order valence-electron chi connectivity index (χ2n) is 24.3. The van der Waals surface area contributed by atoms with Crippen molar-refractivity contribution in [2.24, 2.45) is 0 Å². The lowest BCUT2D eigenvalue weighted by molar-refractivity contribution is -0.407. The van der Waals surface area contributed by atoms with Gasteiger partial charge in [-0.2, -0.15) is 0 Å². The van der Waals surface area contributed by atoms with Crippen molar-refractivity contribution in [1.29, 1.82) is 0 Å². The maximum atomic E-state index is 13.2. The quantitative estimate of drug-likeness (QED) is 0.0382. The van der Waals surface area contributed by atoms with Gasteiger partial charge >= 0.3 is 0 Å². The van der Waals surface area contributed by atoms with E-state index in [2.05, 4.69) is 16.0 Å². The van der Waals surface area contributed by atoms with E-state index in [-0.39, 0.29) is 0 Å². The number of aliphatic hydroxyl groups excluding tert-OH is 21. The summed E-state index contributed by atoms with van der Waals surface area (Å²) in [6, 6.07) is -5.45. The molecule has 95 heavy (non-hydrogen) atoms. The average molecular weight is 1390 g/mol. The summed E-state index contributed by atoms with van der Waals surface area (Å²) < 4.78 is 83.6. The molecule has 24 N–H and O–H groups in total. The fourth-order valence-corrected chi connectivity index (χ4v) is 12.0. The molecule has 7 fully saturated rings. The zero-order chi connectivity index (χ0) is 70.5. The molecule has 41 heteroatoms. The van der Waals surface area contributed by atoms with E-state index < -0.39 is 297 Å². The number of hydrogen-bond acceptors (Lipinski definition) is 38. The van der Waals surface area contributed by atoms with Crippen LogP contribution < -0.4 is 16.0 Å². The SMILES string of the molecule is CC(=O)N[C@H]1[C@H](O[C@@H]2[C@@H](NC(C)=O)[C@H](OC[C@@H](O)[C@H](O)[C@H](O[C@@H]3O[C@H](CO)[C@H](O)[C@H](O[C@@H]4O[C@H](CO)[C@H](O)[C@H](O)[C@H]4O[C@@H]4O[C@@H](C)[C@@H](O)[C@@H](O)[C@@H]4O)[C@H]3O[C@@H]3O[C@@H](C)[C@@H](O)[C@@H](O)[C@@H]3O)[C@H](CO)NC(C)=O)O[C@H](CO)[C@H]2O[C@@H]2O[C@@H](C)[C@@H](O)[C@@H](O)[C@@H]2O)O[C@H](CO)[C@@H](O)[C@@H]1O. The van der Waals surface area contributed by atoms with E-state index in [4.69, 9.17) is 66.3 Å². The lowest BCUT2D eigenvalue weighted by Crippen LogP contribution is -2.71. The largest absolute Gasteiger partial charge is 0.394 e. The molecule has 552 valence electrons. The molecule has 0 aromatic carbocycles. The van der Waals surface area contributed by atoms with Gasteiger partial charge in [-0.1, -0.05) is 0 Å². The van der Waals surface area contributed by atoms with Crippen LogP contribution >= 0.6 is 0 Å². The summed E-state index contributed by atoms with van der Waals surface area (Å²) in [4.78, 5) is 38.6. The Bertz CT molecular complexity index is 2410. The van der Waals surface area contributed by atoms with Gasteiger partial charge in [0.25, 0.3) is 0 Å². The van der Waals surface area contributed by atoms with Crippen molar-refractivity contribution in [1.82, 2.24) is 16.0 Å². The van der Waals surface area contributed by atoms with E-state index >= 15 is 0 Å². The number of carbonyl (C=O) groups excluding carboxylic acids is 3. The van der Waals surface area contributed by atoms with Gasteiger partial charge in [0.1, 0.15) is 171 Å². The van der Waals surface area contributed by atoms with Crippen molar-refractivity contribution in [2.75, 3.05) is 39.6 Å². The lowest BCUT2D eigenvalue weighted by atomic mass is 9.93. The molecule has 7 rings (SSSR count). The van der Waals surface area contributed by atoms with Crippen LogP contribution in [0.4, 0.5) is 0 Å². The molecular formula is C54H93N3O38. The Kier molecular flexibility index (Phi) is 28.9. The zero-order valence-electron chi connectivity index (χ0n) is 52.1. The summed E-state index contributed by atoms with van der Waals surface area (Å²) in [6.45, 7) is 0.0158. The second-order valence-corrected chi connectivity index (χ2v) is 24.3. The molecule has 7 aliphatic heterocycles. The second kappa shape index (κ2) is 34.6. The van der Waals surface area contributed by atoms with Gasteiger partial charge in [-0.3, -0.25) is 14.4 Å². The van der Waals surface area contributed by atoms with Gasteiger partial charge < -0.3 is 190 Å². The van der Waals surface area contributed by atoms with Gasteiger partial charge in [0.15, 0.2) is 44.0 Å². The van der Waals surface area contributed by atoms with Crippen LogP contribution in [0.15, 0.2) is 0 Å². The van der Waals surface area contributed by atoms with E-state index in [9.17, 15) is 122 Å². The van der Waals surface area contributed by atoms with Gasteiger partial charge in [-0.05, 0) is 20.8 Å². The van der Waals surface area contributed by atoms with Gasteiger partial charge in [-0.25, -0.2) is 0 Å². The Morgan fingerprint density at radius 2 is 0.779 bits per heavy atom. The highest BCUT2D eigenvalue weighted by Crippen LogP contribution is 2.39. The predicted molar refractivity (Wildman–Crippen MR) is 297 cm³/mol. The smallest absolute Gasteiger partial charge is 0.217 e. The molecule has 7 aliphatic rings. The Hall–Kier alpha value is -2.99. The molecule has 0 aliphatic carbocycles. The van der Waals surface area contributed by atoms with Crippen molar-refractivity contribution in [3.63, 3.8) is 0 Å². The van der Waals surface area contributed by atoms with Crippen molar-refractivity contribution in [3.05, 3.63) is 0 Å². The number of rotatable bonds is 26. The minimum atomic E-state index is -2.53. The van der Waals surface area contributed by atoms with Crippen molar-refractivity contribution in [2.45, 2.75) is 281 Å². The molecule has 0 radical (unpaired) electrons. The minimum absolute atomic E-state index is 0.824. The molecule has 41 nitrogen and oxygen atoms in total. The molecule has 39 atom stereocenters. The van der Waals surface area contributed by atoms with E-state index in [1.807, 2.05) is 0 Å². The van der Waals surface area contributed by atoms with E-state index in [1.165, 1.54) is 20.8 Å². The predicted octanol–water partition coefficient (Wildman–Crippen LogP) is -15.3. The van der Waals surface area contributed by atoms with Crippen LogP contribution in [0.3, 0.4) is 0 Å². The standard InChI is InChI=1S/C54H93N3O38/c1-13-27(67)35(75)39(79)50(83-13)91-43-24(11-62)89-48(26(57-18(6)65)44(43)92-49-25(56-17(5)64)34(74)31(71)21(8-59)86-49)82-12-20(66)30(70)42(19(7-58)55-16(4)63)90-54-47(95-52-41(81)37(77)29(69)15(3)85-52)45(33(73)23(10-61)88-54)93-53-46(38(78)32(72)22(9-60)87-53)94-51-40(80)36(76)28(68)14(2)84-51/h13-15,19-54,58-62,66-81H,7-12H2,1-6H3,(H,55,63)(H,56,64)(H,57,65)/t13-,14-,15-,19-,20+,21+,22+,23+,24+,25+,26+,27+,28+,29+,30-,31+,32-,33-,34+,35+,36+,37+,38-,39-,40-,41-,42+,43+,44+,45-,46+,47+,48+,49-,50-,51-,52-,53-,54-/m0/s1. The normalized spacial score (nSPS) is 47.2. The van der Waals surface area contributed by atoms with Crippen molar-refractivity contribution < 1.29 is 188 Å². The Morgan fingerprint density at radius 1 is 0.379 bits per heavy atom. The lowest BCUT2D eigenvalue weighted by Gasteiger charge is -2.51. The van der Waals surface area contributed by atoms with Crippen LogP contribution in [0.2, 0.25) is 0 Å². The zero-order valence-corrected chi connectivity index (χ0v) is 52.1. The Balaban J connectivity index is 1.25. The van der Waals surface area contributed by atoms with Crippen LogP contribution in [0.1, 0.15) is 41.5 Å². The van der Waals surface area contributed by atoms with E-state index in [1.54, 1.807) is 0 Å². The van der Waals surface area contributed by atoms with Gasteiger partial charge in [0, 0.05) is 20.8 Å². The number of carbonyl (C=O) groups is 3. The molecule has 0 aromatic rings. The average Bonchev–Trinajstić information content (AvgIpc) is 0.772. The first-order valence-corrected chi connectivity index (χ1v) is 30.6. The maximum absolute atomic E-state index is 13.2. The summed E-state index contributed by atoms with van der Waals surface area (Å²) in [5, 5.41) is 238. The fraction of sp³-hybridized carbons (Fsp3) is 0.944. The summed E-state index contributed by atoms with van der Waals surface area (Å²) in [5.74, 6) is -2.67. The molecule has 0 spiro atoms. The first-order valence-electron chi connectivity index (χ1n) is 30.6. The van der Waals surface area contributed by atoms with Gasteiger partial charge in [0.05, 0.1) is 64.0 Å². The van der Waals surface area contributed by atoms with E-state index in [0.29, 0.717) is 0 Å². The summed E-state index contributed by atoms with van der Waals surface area (Å²) in [6.07, 6.45) is -70.9. The number of aliphatic hydroxyl groups is 21. The summed E-state index contributed by atoms with van der Waals surface area (Å²) in [7, 11) is 0. The third-order valence-electron chi connectivity index (χ3n) is 17.4. The number of amides is 3. The van der Waals surface area contributed by atoms with Gasteiger partial charge in [0.2, 0.25) is 17.7 Å². The van der Waals surface area contributed by atoms with Crippen LogP contribution in [0.5, 0.6) is 0 Å². The van der Waals surface area contributed by atoms with Crippen LogP contribution in [-0.4, -0.2) is 404 Å². The molecule has 3 amide bonds. The third kappa shape index (κ3) is 18.0. The highest BCUT2D eigenvalue weighted by atomic mass is 16.8. The maximum Gasteiger partial charge on any atom is 0.217 e. The number of nitrogens with one attached hydrogen (secondary N) is 3. The minimum Gasteiger partial charge on any atom is -0.394 e.